The minimum atomic E-state index is -0.501. The summed E-state index contributed by atoms with van der Waals surface area (Å²) >= 11 is 6.14. The fraction of sp³-hybridized carbons (Fsp3) is 0.421. The van der Waals surface area contributed by atoms with Crippen molar-refractivity contribution >= 4 is 29.2 Å². The number of benzene rings is 1. The highest BCUT2D eigenvalue weighted by atomic mass is 35.5. The molecule has 0 unspecified atom stereocenters. The number of halogens is 1. The quantitative estimate of drug-likeness (QED) is 0.648. The summed E-state index contributed by atoms with van der Waals surface area (Å²) in [6, 6.07) is 4.88. The third-order valence-electron chi connectivity index (χ3n) is 4.24. The summed E-state index contributed by atoms with van der Waals surface area (Å²) in [7, 11) is 0. The van der Waals surface area contributed by atoms with Gasteiger partial charge in [-0.15, -0.1) is 0 Å². The average Bonchev–Trinajstić information content (AvgIpc) is 3.35. The highest BCUT2D eigenvalue weighted by molar-refractivity contribution is 6.31. The van der Waals surface area contributed by atoms with E-state index < -0.39 is 6.09 Å². The van der Waals surface area contributed by atoms with Gasteiger partial charge in [-0.2, -0.15) is 0 Å². The van der Waals surface area contributed by atoms with Crippen LogP contribution < -0.4 is 4.90 Å². The topological polar surface area (TPSA) is 72.6 Å². The van der Waals surface area contributed by atoms with Gasteiger partial charge in [0.25, 0.3) is 0 Å². The van der Waals surface area contributed by atoms with Gasteiger partial charge in [-0.3, -0.25) is 9.69 Å². The number of aromatic nitrogens is 1. The van der Waals surface area contributed by atoms with E-state index in [9.17, 15) is 9.59 Å². The van der Waals surface area contributed by atoms with E-state index in [1.165, 1.54) is 11.2 Å². The van der Waals surface area contributed by atoms with Gasteiger partial charge in [-0.1, -0.05) is 23.7 Å². The summed E-state index contributed by atoms with van der Waals surface area (Å²) in [4.78, 5) is 27.0. The summed E-state index contributed by atoms with van der Waals surface area (Å²) in [6.45, 7) is 4.35. The van der Waals surface area contributed by atoms with Crippen LogP contribution in [0.5, 0.6) is 0 Å². The Balaban J connectivity index is 2.02. The van der Waals surface area contributed by atoms with Crippen molar-refractivity contribution < 1.29 is 18.8 Å². The second-order valence-electron chi connectivity index (χ2n) is 6.23. The Hall–Kier alpha value is -2.34. The number of hydrogen-bond acceptors (Lipinski definition) is 5. The van der Waals surface area contributed by atoms with Crippen LogP contribution in [-0.2, 0) is 4.74 Å². The molecule has 1 fully saturated rings. The molecule has 0 bridgehead atoms. The fourth-order valence-electron chi connectivity index (χ4n) is 2.87. The summed E-state index contributed by atoms with van der Waals surface area (Å²) in [6.07, 6.45) is 3.59. The molecule has 26 heavy (non-hydrogen) atoms. The number of carbonyl (C=O) groups excluding carboxylic acids is 2. The van der Waals surface area contributed by atoms with Crippen LogP contribution in [0.2, 0.25) is 5.02 Å². The van der Waals surface area contributed by atoms with Crippen molar-refractivity contribution in [2.75, 3.05) is 18.1 Å². The molecule has 2 aromatic rings. The standard InChI is InChI=1S/C19H21ClN2O4/c1-3-9-22(19(24)25-4-2)16-10-13(20)7-8-14(16)18(23)15-11-26-21-17(15)12-5-6-12/h7-8,10-12H,3-6,9H2,1-2H3. The molecule has 0 saturated heterocycles. The first-order valence-electron chi connectivity index (χ1n) is 8.79. The van der Waals surface area contributed by atoms with Crippen LogP contribution in [0.4, 0.5) is 10.5 Å². The van der Waals surface area contributed by atoms with Gasteiger partial charge in [0, 0.05) is 23.0 Å². The normalized spacial score (nSPS) is 13.5. The Bertz CT molecular complexity index is 814. The second-order valence-corrected chi connectivity index (χ2v) is 6.67. The lowest BCUT2D eigenvalue weighted by molar-refractivity contribution is 0.103. The van der Waals surface area contributed by atoms with Crippen molar-refractivity contribution in [3.63, 3.8) is 0 Å². The molecule has 0 N–H and O–H groups in total. The molecule has 1 aromatic carbocycles. The SMILES string of the molecule is CCCN(C(=O)OCC)c1cc(Cl)ccc1C(=O)c1conc1C1CC1. The van der Waals surface area contributed by atoms with Crippen LogP contribution in [0.3, 0.4) is 0 Å². The molecule has 138 valence electrons. The molecule has 1 amide bonds. The van der Waals surface area contributed by atoms with Crippen LogP contribution in [0.25, 0.3) is 0 Å². The average molecular weight is 377 g/mol. The Kier molecular flexibility index (Phi) is 5.61. The second kappa shape index (κ2) is 7.91. The fourth-order valence-corrected chi connectivity index (χ4v) is 3.03. The Morgan fingerprint density at radius 3 is 2.73 bits per heavy atom. The van der Waals surface area contributed by atoms with Gasteiger partial charge in [0.15, 0.2) is 5.78 Å². The molecular weight excluding hydrogens is 356 g/mol. The molecule has 1 aliphatic rings. The first-order chi connectivity index (χ1) is 12.6. The third-order valence-corrected chi connectivity index (χ3v) is 4.47. The van der Waals surface area contributed by atoms with Gasteiger partial charge in [0.2, 0.25) is 0 Å². The van der Waals surface area contributed by atoms with E-state index in [0.29, 0.717) is 40.5 Å². The lowest BCUT2D eigenvalue weighted by Crippen LogP contribution is -2.33. The number of ether oxygens (including phenoxy) is 1. The van der Waals surface area contributed by atoms with Crippen molar-refractivity contribution in [2.45, 2.75) is 39.0 Å². The Morgan fingerprint density at radius 2 is 2.08 bits per heavy atom. The smallest absolute Gasteiger partial charge is 0.414 e. The van der Waals surface area contributed by atoms with Gasteiger partial charge in [0.1, 0.15) is 6.26 Å². The van der Waals surface area contributed by atoms with Crippen molar-refractivity contribution in [1.29, 1.82) is 0 Å². The maximum atomic E-state index is 13.2. The molecular formula is C19H21ClN2O4. The van der Waals surface area contributed by atoms with Gasteiger partial charge >= 0.3 is 6.09 Å². The van der Waals surface area contributed by atoms with Crippen molar-refractivity contribution in [2.24, 2.45) is 0 Å². The summed E-state index contributed by atoms with van der Waals surface area (Å²) in [5.74, 6) is 0.0467. The zero-order chi connectivity index (χ0) is 18.7. The molecule has 0 radical (unpaired) electrons. The molecule has 6 nitrogen and oxygen atoms in total. The number of nitrogens with zero attached hydrogens (tertiary/aromatic N) is 2. The molecule has 0 atom stereocenters. The maximum absolute atomic E-state index is 13.2. The zero-order valence-electron chi connectivity index (χ0n) is 14.8. The molecule has 1 saturated carbocycles. The number of hydrogen-bond donors (Lipinski definition) is 0. The van der Waals surface area contributed by atoms with E-state index in [0.717, 1.165) is 12.8 Å². The van der Waals surface area contributed by atoms with Crippen molar-refractivity contribution in [3.8, 4) is 0 Å². The molecule has 3 rings (SSSR count). The lowest BCUT2D eigenvalue weighted by atomic mass is 10.00. The number of anilines is 1. The van der Waals surface area contributed by atoms with Crippen molar-refractivity contribution in [1.82, 2.24) is 5.16 Å². The first kappa shape index (κ1) is 18.5. The van der Waals surface area contributed by atoms with Crippen LogP contribution in [0.15, 0.2) is 29.0 Å². The summed E-state index contributed by atoms with van der Waals surface area (Å²) in [5, 5.41) is 4.43. The van der Waals surface area contributed by atoms with E-state index >= 15 is 0 Å². The minimum absolute atomic E-state index is 0.231. The van der Waals surface area contributed by atoms with Gasteiger partial charge in [-0.05, 0) is 44.4 Å². The van der Waals surface area contributed by atoms with Gasteiger partial charge in [0.05, 0.1) is 23.6 Å². The summed E-state index contributed by atoms with van der Waals surface area (Å²) in [5.41, 5.74) is 1.94. The number of rotatable bonds is 7. The highest BCUT2D eigenvalue weighted by Gasteiger charge is 2.33. The minimum Gasteiger partial charge on any atom is -0.449 e. The summed E-state index contributed by atoms with van der Waals surface area (Å²) < 4.78 is 10.2. The predicted molar refractivity (Wildman–Crippen MR) is 98.0 cm³/mol. The van der Waals surface area contributed by atoms with Gasteiger partial charge < -0.3 is 9.26 Å². The molecule has 0 spiro atoms. The number of ketones is 1. The third kappa shape index (κ3) is 3.75. The molecule has 7 heteroatoms. The van der Waals surface area contributed by atoms with Crippen LogP contribution in [0.1, 0.15) is 60.6 Å². The van der Waals surface area contributed by atoms with Crippen LogP contribution in [-0.4, -0.2) is 30.2 Å². The van der Waals surface area contributed by atoms with E-state index in [-0.39, 0.29) is 18.3 Å². The largest absolute Gasteiger partial charge is 0.449 e. The highest BCUT2D eigenvalue weighted by Crippen LogP contribution is 2.41. The van der Waals surface area contributed by atoms with Gasteiger partial charge in [-0.25, -0.2) is 4.79 Å². The monoisotopic (exact) mass is 376 g/mol. The van der Waals surface area contributed by atoms with Crippen molar-refractivity contribution in [3.05, 3.63) is 46.3 Å². The van der Waals surface area contributed by atoms with Crippen LogP contribution in [0, 0.1) is 0 Å². The Morgan fingerprint density at radius 1 is 1.31 bits per heavy atom. The maximum Gasteiger partial charge on any atom is 0.414 e. The van der Waals surface area contributed by atoms with E-state index in [4.69, 9.17) is 20.9 Å². The molecule has 1 aliphatic carbocycles. The van der Waals surface area contributed by atoms with E-state index in [1.807, 2.05) is 6.92 Å². The zero-order valence-corrected chi connectivity index (χ0v) is 15.6. The number of carbonyl (C=O) groups is 2. The lowest BCUT2D eigenvalue weighted by Gasteiger charge is -2.23. The predicted octanol–water partition coefficient (Wildman–Crippen LogP) is 4.81. The Labute approximate surface area is 157 Å². The van der Waals surface area contributed by atoms with E-state index in [2.05, 4.69) is 5.16 Å². The number of amides is 1. The molecule has 1 aromatic heterocycles. The van der Waals surface area contributed by atoms with E-state index in [1.54, 1.807) is 25.1 Å². The molecule has 0 aliphatic heterocycles. The first-order valence-corrected chi connectivity index (χ1v) is 9.17. The molecule has 1 heterocycles. The van der Waals surface area contributed by atoms with Crippen LogP contribution >= 0.6 is 11.6 Å².